The van der Waals surface area contributed by atoms with Gasteiger partial charge in [0.1, 0.15) is 5.84 Å². The number of para-hydroxylation sites is 1. The van der Waals surface area contributed by atoms with Crippen LogP contribution in [0.25, 0.3) is 11.1 Å². The van der Waals surface area contributed by atoms with Gasteiger partial charge in [-0.15, -0.1) is 0 Å². The predicted molar refractivity (Wildman–Crippen MR) is 155 cm³/mol. The van der Waals surface area contributed by atoms with E-state index in [0.29, 0.717) is 0 Å². The van der Waals surface area contributed by atoms with Crippen LogP contribution in [0.5, 0.6) is 0 Å². The Morgan fingerprint density at radius 1 is 0.579 bits per heavy atom. The van der Waals surface area contributed by atoms with Crippen molar-refractivity contribution in [3.63, 3.8) is 0 Å². The van der Waals surface area contributed by atoms with E-state index < -0.39 is 0 Å². The summed E-state index contributed by atoms with van der Waals surface area (Å²) in [5, 5.41) is 3.60. The Morgan fingerprint density at radius 2 is 1.16 bits per heavy atom. The van der Waals surface area contributed by atoms with E-state index in [4.69, 9.17) is 4.99 Å². The molecule has 1 heterocycles. The van der Waals surface area contributed by atoms with Gasteiger partial charge < -0.3 is 5.32 Å². The van der Waals surface area contributed by atoms with Crippen molar-refractivity contribution in [1.82, 2.24) is 5.32 Å². The highest BCUT2D eigenvalue weighted by molar-refractivity contribution is 6.03. The number of aliphatic imine (C=N–C) groups is 1. The van der Waals surface area contributed by atoms with Gasteiger partial charge in [0.2, 0.25) is 0 Å². The summed E-state index contributed by atoms with van der Waals surface area (Å²) in [4.78, 5) is 5.04. The number of nitrogens with one attached hydrogen (secondary N) is 1. The second kappa shape index (κ2) is 7.55. The molecule has 2 nitrogen and oxygen atoms in total. The first kappa shape index (κ1) is 21.6. The third-order valence-electron chi connectivity index (χ3n) is 9.00. The van der Waals surface area contributed by atoms with Crippen LogP contribution in [0.1, 0.15) is 58.4 Å². The van der Waals surface area contributed by atoms with Gasteiger partial charge in [-0.25, -0.2) is 4.99 Å². The fourth-order valence-electron chi connectivity index (χ4n) is 7.28. The van der Waals surface area contributed by atoms with E-state index in [0.717, 1.165) is 23.6 Å². The number of rotatable bonds is 1. The van der Waals surface area contributed by atoms with E-state index in [1.807, 2.05) is 0 Å². The van der Waals surface area contributed by atoms with Gasteiger partial charge in [-0.1, -0.05) is 117 Å². The highest BCUT2D eigenvalue weighted by Gasteiger charge is 2.53. The molecule has 0 bridgehead atoms. The van der Waals surface area contributed by atoms with Crippen molar-refractivity contribution in [3.8, 4) is 11.1 Å². The summed E-state index contributed by atoms with van der Waals surface area (Å²) in [5.74, 6) is 0.940. The van der Waals surface area contributed by atoms with Crippen LogP contribution in [-0.2, 0) is 17.4 Å². The van der Waals surface area contributed by atoms with Crippen LogP contribution < -0.4 is 5.32 Å². The number of fused-ring (bicyclic) bond motifs is 10. The van der Waals surface area contributed by atoms with Crippen LogP contribution in [0, 0.1) is 0 Å². The molecule has 0 unspecified atom stereocenters. The second-order valence-corrected chi connectivity index (χ2v) is 11.2. The molecule has 38 heavy (non-hydrogen) atoms. The molecular weight excluding hydrogens is 460 g/mol. The Balaban J connectivity index is 1.47. The minimum atomic E-state index is -0.377. The zero-order valence-corrected chi connectivity index (χ0v) is 21.6. The van der Waals surface area contributed by atoms with Crippen molar-refractivity contribution in [2.75, 3.05) is 0 Å². The number of hydrogen-bond acceptors (Lipinski definition) is 2. The van der Waals surface area contributed by atoms with E-state index in [1.165, 1.54) is 50.1 Å². The Kier molecular flexibility index (Phi) is 4.30. The molecule has 5 aromatic rings. The van der Waals surface area contributed by atoms with Crippen LogP contribution in [-0.4, -0.2) is 5.84 Å². The number of amidine groups is 1. The van der Waals surface area contributed by atoms with Crippen molar-refractivity contribution in [3.05, 3.63) is 160 Å². The lowest BCUT2D eigenvalue weighted by atomic mass is 9.55. The van der Waals surface area contributed by atoms with Gasteiger partial charge in [0.05, 0.1) is 11.1 Å². The maximum Gasteiger partial charge on any atom is 0.134 e. The van der Waals surface area contributed by atoms with Gasteiger partial charge in [-0.2, -0.15) is 0 Å². The largest absolute Gasteiger partial charge is 0.365 e. The van der Waals surface area contributed by atoms with Crippen LogP contribution in [0.4, 0.5) is 5.69 Å². The van der Waals surface area contributed by atoms with E-state index in [2.05, 4.69) is 134 Å². The molecular formula is C36H28N2. The SMILES string of the molecule is CC1(C)c2ccccc2C2(c3ccccc3-c3ccc(C4=Nc5ccccc5CN4)cc32)c2ccccc21. The molecule has 2 aliphatic carbocycles. The van der Waals surface area contributed by atoms with Crippen LogP contribution >= 0.6 is 0 Å². The quantitative estimate of drug-likeness (QED) is 0.250. The average Bonchev–Trinajstić information content (AvgIpc) is 3.26. The molecule has 2 heteroatoms. The minimum absolute atomic E-state index is 0.0908. The molecule has 8 rings (SSSR count). The van der Waals surface area contributed by atoms with E-state index >= 15 is 0 Å². The molecule has 5 aromatic carbocycles. The third kappa shape index (κ3) is 2.65. The monoisotopic (exact) mass is 488 g/mol. The molecule has 182 valence electrons. The highest BCUT2D eigenvalue weighted by atomic mass is 15.0. The fourth-order valence-corrected chi connectivity index (χ4v) is 7.28. The fraction of sp³-hybridized carbons (Fsp3) is 0.139. The summed E-state index contributed by atoms with van der Waals surface area (Å²) >= 11 is 0. The smallest absolute Gasteiger partial charge is 0.134 e. The Bertz CT molecular complexity index is 1760. The maximum atomic E-state index is 5.04. The first-order chi connectivity index (χ1) is 18.6. The molecule has 0 atom stereocenters. The van der Waals surface area contributed by atoms with Gasteiger partial charge in [-0.05, 0) is 62.2 Å². The number of hydrogen-bond donors (Lipinski definition) is 1. The molecule has 0 radical (unpaired) electrons. The molecule has 3 aliphatic rings. The van der Waals surface area contributed by atoms with Crippen molar-refractivity contribution < 1.29 is 0 Å². The van der Waals surface area contributed by atoms with Gasteiger partial charge in [0.25, 0.3) is 0 Å². The first-order valence-electron chi connectivity index (χ1n) is 13.5. The molecule has 1 aliphatic heterocycles. The summed E-state index contributed by atoms with van der Waals surface area (Å²) in [6.07, 6.45) is 0. The highest BCUT2D eigenvalue weighted by Crippen LogP contribution is 2.62. The molecule has 0 amide bonds. The van der Waals surface area contributed by atoms with E-state index in [-0.39, 0.29) is 10.8 Å². The van der Waals surface area contributed by atoms with Gasteiger partial charge in [0, 0.05) is 17.5 Å². The lowest BCUT2D eigenvalue weighted by Gasteiger charge is -2.46. The van der Waals surface area contributed by atoms with E-state index in [1.54, 1.807) is 0 Å². The van der Waals surface area contributed by atoms with Crippen molar-refractivity contribution >= 4 is 11.5 Å². The lowest BCUT2D eigenvalue weighted by molar-refractivity contribution is 0.563. The topological polar surface area (TPSA) is 24.4 Å². The summed E-state index contributed by atoms with van der Waals surface area (Å²) < 4.78 is 0. The third-order valence-corrected chi connectivity index (χ3v) is 9.00. The molecule has 0 aromatic heterocycles. The maximum absolute atomic E-state index is 5.04. The normalized spacial score (nSPS) is 16.8. The Hall–Kier alpha value is -4.43. The molecule has 0 fully saturated rings. The number of nitrogens with zero attached hydrogens (tertiary/aromatic N) is 1. The van der Waals surface area contributed by atoms with Crippen LogP contribution in [0.2, 0.25) is 0 Å². The van der Waals surface area contributed by atoms with Crippen LogP contribution in [0.3, 0.4) is 0 Å². The van der Waals surface area contributed by atoms with Crippen molar-refractivity contribution in [2.45, 2.75) is 31.2 Å². The molecule has 0 saturated heterocycles. The Labute approximate surface area is 223 Å². The summed E-state index contributed by atoms with van der Waals surface area (Å²) in [6, 6.07) is 42.5. The zero-order valence-electron chi connectivity index (χ0n) is 21.6. The Morgan fingerprint density at radius 3 is 1.89 bits per heavy atom. The molecule has 0 saturated carbocycles. The van der Waals surface area contributed by atoms with Crippen LogP contribution in [0.15, 0.2) is 120 Å². The average molecular weight is 489 g/mol. The lowest BCUT2D eigenvalue weighted by Crippen LogP contribution is -2.40. The zero-order chi connectivity index (χ0) is 25.5. The second-order valence-electron chi connectivity index (χ2n) is 11.2. The number of benzene rings is 5. The minimum Gasteiger partial charge on any atom is -0.365 e. The van der Waals surface area contributed by atoms with Crippen molar-refractivity contribution in [1.29, 1.82) is 0 Å². The first-order valence-corrected chi connectivity index (χ1v) is 13.5. The van der Waals surface area contributed by atoms with Gasteiger partial charge in [0.15, 0.2) is 0 Å². The van der Waals surface area contributed by atoms with Gasteiger partial charge >= 0.3 is 0 Å². The molecule has 1 spiro atoms. The van der Waals surface area contributed by atoms with E-state index in [9.17, 15) is 0 Å². The summed E-state index contributed by atoms with van der Waals surface area (Å²) in [6.45, 7) is 5.53. The van der Waals surface area contributed by atoms with Crippen molar-refractivity contribution in [2.24, 2.45) is 4.99 Å². The predicted octanol–water partition coefficient (Wildman–Crippen LogP) is 7.87. The molecule has 1 N–H and O–H groups in total. The summed E-state index contributed by atoms with van der Waals surface area (Å²) in [7, 11) is 0. The standard InChI is InChI=1S/C36H28N2/c1-35(2)28-14-6-8-16-30(28)36(31-17-9-7-15-29(31)35)27-13-5-4-12-25(27)26-20-19-23(21-32(26)36)34-37-22-24-11-3-10-18-33(24)38-34/h3-21H,22H2,1-2H3,(H,37,38). The summed E-state index contributed by atoms with van der Waals surface area (Å²) in [5.41, 5.74) is 13.9. The van der Waals surface area contributed by atoms with Gasteiger partial charge in [-0.3, -0.25) is 0 Å².